The third-order valence-electron chi connectivity index (χ3n) is 6.08. The molecule has 1 amide bonds. The zero-order valence-electron chi connectivity index (χ0n) is 20.7. The molecule has 35 heavy (non-hydrogen) atoms. The number of aromatic amines is 1. The predicted octanol–water partition coefficient (Wildman–Crippen LogP) is 3.26. The Balaban J connectivity index is 1.66. The second kappa shape index (κ2) is 11.5. The number of para-hydroxylation sites is 1. The van der Waals surface area contributed by atoms with Crippen molar-refractivity contribution in [3.63, 3.8) is 0 Å². The average molecular weight is 495 g/mol. The molecule has 0 fully saturated rings. The van der Waals surface area contributed by atoms with E-state index in [0.29, 0.717) is 25.6 Å². The standard InChI is InChI=1S/C25H34N8OS/c1-4-32(5-2)24-29-17(3)22-23(31-24)33(25(30-22)35-16-21(34)27-13-8-12-26)14-11-18-15-28-20-10-7-6-9-19(18)20/h6-7,9-10,15,28H,4-5,8,11-14,16,26H2,1-3H3,(H,27,34). The van der Waals surface area contributed by atoms with Gasteiger partial charge in [0.1, 0.15) is 5.52 Å². The van der Waals surface area contributed by atoms with Gasteiger partial charge in [0, 0.05) is 43.3 Å². The third-order valence-corrected chi connectivity index (χ3v) is 7.06. The molecule has 4 aromatic rings. The summed E-state index contributed by atoms with van der Waals surface area (Å²) in [5.74, 6) is 0.978. The van der Waals surface area contributed by atoms with Crippen molar-refractivity contribution < 1.29 is 4.79 Å². The van der Waals surface area contributed by atoms with Crippen molar-refractivity contribution in [3.05, 3.63) is 41.7 Å². The molecule has 0 aliphatic rings. The van der Waals surface area contributed by atoms with E-state index in [1.54, 1.807) is 0 Å². The summed E-state index contributed by atoms with van der Waals surface area (Å²) in [6, 6.07) is 8.32. The molecule has 0 saturated heterocycles. The van der Waals surface area contributed by atoms with Crippen molar-refractivity contribution in [2.45, 2.75) is 45.3 Å². The Labute approximate surface area is 209 Å². The van der Waals surface area contributed by atoms with Gasteiger partial charge in [-0.25, -0.2) is 9.97 Å². The molecule has 0 bridgehead atoms. The highest BCUT2D eigenvalue weighted by molar-refractivity contribution is 7.99. The van der Waals surface area contributed by atoms with Gasteiger partial charge >= 0.3 is 0 Å². The fourth-order valence-corrected chi connectivity index (χ4v) is 5.00. The van der Waals surface area contributed by atoms with E-state index in [1.165, 1.54) is 22.7 Å². The number of aryl methyl sites for hydroxylation is 3. The largest absolute Gasteiger partial charge is 0.361 e. The number of nitrogens with two attached hydrogens (primary N) is 1. The van der Waals surface area contributed by atoms with Crippen LogP contribution in [0.15, 0.2) is 35.6 Å². The summed E-state index contributed by atoms with van der Waals surface area (Å²) in [6.07, 6.45) is 3.65. The number of imidazole rings is 1. The minimum absolute atomic E-state index is 0.0229. The lowest BCUT2D eigenvalue weighted by Gasteiger charge is -2.19. The topological polar surface area (TPSA) is 118 Å². The zero-order valence-corrected chi connectivity index (χ0v) is 21.5. The monoisotopic (exact) mass is 494 g/mol. The van der Waals surface area contributed by atoms with E-state index >= 15 is 0 Å². The van der Waals surface area contributed by atoms with Crippen molar-refractivity contribution in [1.29, 1.82) is 0 Å². The quantitative estimate of drug-likeness (QED) is 0.204. The summed E-state index contributed by atoms with van der Waals surface area (Å²) in [7, 11) is 0. The summed E-state index contributed by atoms with van der Waals surface area (Å²) < 4.78 is 2.14. The molecule has 0 spiro atoms. The van der Waals surface area contributed by atoms with Crippen molar-refractivity contribution in [1.82, 2.24) is 29.8 Å². The first kappa shape index (κ1) is 25.0. The number of thioether (sulfide) groups is 1. The van der Waals surface area contributed by atoms with Crippen LogP contribution < -0.4 is 16.0 Å². The number of nitrogens with one attached hydrogen (secondary N) is 2. The van der Waals surface area contributed by atoms with Gasteiger partial charge in [0.05, 0.1) is 11.4 Å². The van der Waals surface area contributed by atoms with E-state index in [9.17, 15) is 4.79 Å². The number of carbonyl (C=O) groups is 1. The van der Waals surface area contributed by atoms with Crippen LogP contribution in [0.4, 0.5) is 5.95 Å². The van der Waals surface area contributed by atoms with Gasteiger partial charge in [0.25, 0.3) is 0 Å². The van der Waals surface area contributed by atoms with Gasteiger partial charge in [0.15, 0.2) is 10.8 Å². The minimum Gasteiger partial charge on any atom is -0.361 e. The van der Waals surface area contributed by atoms with Crippen LogP contribution in [-0.2, 0) is 17.8 Å². The van der Waals surface area contributed by atoms with Crippen LogP contribution in [0.25, 0.3) is 22.1 Å². The number of nitrogens with zero attached hydrogens (tertiary/aromatic N) is 5. The predicted molar refractivity (Wildman–Crippen MR) is 143 cm³/mol. The smallest absolute Gasteiger partial charge is 0.230 e. The summed E-state index contributed by atoms with van der Waals surface area (Å²) in [5, 5.41) is 4.92. The Morgan fingerprint density at radius 3 is 2.77 bits per heavy atom. The van der Waals surface area contributed by atoms with Crippen molar-refractivity contribution in [3.8, 4) is 0 Å². The maximum Gasteiger partial charge on any atom is 0.230 e. The number of carbonyl (C=O) groups excluding carboxylic acids is 1. The lowest BCUT2D eigenvalue weighted by atomic mass is 10.1. The van der Waals surface area contributed by atoms with Crippen LogP contribution in [-0.4, -0.2) is 62.3 Å². The van der Waals surface area contributed by atoms with Crippen LogP contribution in [0, 0.1) is 6.92 Å². The Morgan fingerprint density at radius 1 is 1.20 bits per heavy atom. The molecule has 0 saturated carbocycles. The Hall–Kier alpha value is -3.11. The number of rotatable bonds is 12. The molecule has 0 radical (unpaired) electrons. The molecule has 0 aliphatic carbocycles. The molecule has 4 rings (SSSR count). The fraction of sp³-hybridized carbons (Fsp3) is 0.440. The van der Waals surface area contributed by atoms with E-state index < -0.39 is 0 Å². The molecular formula is C25H34N8OS. The van der Waals surface area contributed by atoms with Gasteiger partial charge in [-0.2, -0.15) is 4.98 Å². The minimum atomic E-state index is -0.0229. The molecule has 0 aliphatic heterocycles. The summed E-state index contributed by atoms with van der Waals surface area (Å²) in [4.78, 5) is 32.4. The van der Waals surface area contributed by atoms with E-state index in [0.717, 1.165) is 53.5 Å². The van der Waals surface area contributed by atoms with Gasteiger partial charge in [-0.1, -0.05) is 30.0 Å². The first-order valence-electron chi connectivity index (χ1n) is 12.2. The zero-order chi connectivity index (χ0) is 24.8. The molecule has 0 atom stereocenters. The van der Waals surface area contributed by atoms with Gasteiger partial charge < -0.3 is 25.5 Å². The molecular weight excluding hydrogens is 460 g/mol. The Morgan fingerprint density at radius 2 is 2.00 bits per heavy atom. The van der Waals surface area contributed by atoms with Crippen LogP contribution >= 0.6 is 11.8 Å². The van der Waals surface area contributed by atoms with Crippen LogP contribution in [0.2, 0.25) is 0 Å². The summed E-state index contributed by atoms with van der Waals surface area (Å²) in [5.41, 5.74) is 10.3. The number of benzene rings is 1. The number of fused-ring (bicyclic) bond motifs is 2. The van der Waals surface area contributed by atoms with E-state index in [4.69, 9.17) is 20.7 Å². The molecule has 1 aromatic carbocycles. The molecule has 3 heterocycles. The van der Waals surface area contributed by atoms with E-state index in [2.05, 4.69) is 58.0 Å². The maximum atomic E-state index is 12.3. The summed E-state index contributed by atoms with van der Waals surface area (Å²) in [6.45, 7) is 9.68. The highest BCUT2D eigenvalue weighted by Crippen LogP contribution is 2.27. The van der Waals surface area contributed by atoms with Gasteiger partial charge in [-0.15, -0.1) is 0 Å². The Bertz CT molecular complexity index is 1290. The molecule has 3 aromatic heterocycles. The van der Waals surface area contributed by atoms with Crippen molar-refractivity contribution in [2.24, 2.45) is 5.73 Å². The number of amides is 1. The first-order valence-corrected chi connectivity index (χ1v) is 13.2. The molecule has 186 valence electrons. The van der Waals surface area contributed by atoms with Gasteiger partial charge in [-0.05, 0) is 51.8 Å². The molecule has 9 nitrogen and oxygen atoms in total. The number of anilines is 1. The normalized spacial score (nSPS) is 11.4. The van der Waals surface area contributed by atoms with Gasteiger partial charge in [0.2, 0.25) is 11.9 Å². The molecule has 10 heteroatoms. The maximum absolute atomic E-state index is 12.3. The first-order chi connectivity index (χ1) is 17.0. The van der Waals surface area contributed by atoms with Crippen molar-refractivity contribution in [2.75, 3.05) is 36.8 Å². The van der Waals surface area contributed by atoms with Crippen LogP contribution in [0.3, 0.4) is 0 Å². The third kappa shape index (κ3) is 5.59. The highest BCUT2D eigenvalue weighted by atomic mass is 32.2. The average Bonchev–Trinajstić information content (AvgIpc) is 3.44. The van der Waals surface area contributed by atoms with E-state index in [-0.39, 0.29) is 11.7 Å². The molecule has 0 unspecified atom stereocenters. The fourth-order valence-electron chi connectivity index (χ4n) is 4.14. The highest BCUT2D eigenvalue weighted by Gasteiger charge is 2.19. The van der Waals surface area contributed by atoms with Crippen LogP contribution in [0.1, 0.15) is 31.5 Å². The number of aromatic nitrogens is 5. The number of hydrogen-bond donors (Lipinski definition) is 3. The van der Waals surface area contributed by atoms with Crippen molar-refractivity contribution >= 4 is 45.7 Å². The SMILES string of the molecule is CCN(CC)c1nc(C)c2nc(SCC(=O)NCCCN)n(CCc3c[nH]c4ccccc34)c2n1. The number of H-pyrrole nitrogens is 1. The second-order valence-electron chi connectivity index (χ2n) is 8.39. The van der Waals surface area contributed by atoms with Crippen LogP contribution in [0.5, 0.6) is 0 Å². The Kier molecular flexibility index (Phi) is 8.25. The molecule has 4 N–H and O–H groups in total. The van der Waals surface area contributed by atoms with E-state index in [1.807, 2.05) is 13.0 Å². The lowest BCUT2D eigenvalue weighted by molar-refractivity contribution is -0.118. The number of hydrogen-bond acceptors (Lipinski definition) is 7. The lowest BCUT2D eigenvalue weighted by Crippen LogP contribution is -2.27. The van der Waals surface area contributed by atoms with Gasteiger partial charge in [-0.3, -0.25) is 4.79 Å². The second-order valence-corrected chi connectivity index (χ2v) is 9.33. The summed E-state index contributed by atoms with van der Waals surface area (Å²) >= 11 is 1.43.